The minimum atomic E-state index is -0.831. The minimum Gasteiger partial charge on any atom is -0.444 e. The Morgan fingerprint density at radius 3 is 2.15 bits per heavy atom. The van der Waals surface area contributed by atoms with Crippen LogP contribution in [0.3, 0.4) is 0 Å². The molecule has 0 bridgehead atoms. The number of ether oxygens (including phenoxy) is 1. The first-order valence-corrected chi connectivity index (χ1v) is 11.6. The van der Waals surface area contributed by atoms with E-state index in [1.165, 1.54) is 0 Å². The number of amides is 3. The molecule has 0 aliphatic rings. The molecule has 9 heteroatoms. The third kappa shape index (κ3) is 13.6. The Morgan fingerprint density at radius 2 is 1.59 bits per heavy atom. The number of aldehydes is 1. The molecule has 2 atom stereocenters. The summed E-state index contributed by atoms with van der Waals surface area (Å²) in [7, 11) is 0. The maximum atomic E-state index is 12.8. The van der Waals surface area contributed by atoms with Crippen molar-refractivity contribution in [3.05, 3.63) is 35.9 Å². The fourth-order valence-corrected chi connectivity index (χ4v) is 3.08. The van der Waals surface area contributed by atoms with Crippen LogP contribution in [0, 0.1) is 5.92 Å². The number of alkyl carbamates (subject to hydrolysis) is 1. The molecule has 1 aromatic carbocycles. The highest BCUT2D eigenvalue weighted by Gasteiger charge is 2.25. The van der Waals surface area contributed by atoms with Crippen molar-refractivity contribution in [2.75, 3.05) is 19.6 Å². The van der Waals surface area contributed by atoms with Gasteiger partial charge in [0.1, 0.15) is 11.9 Å². The summed E-state index contributed by atoms with van der Waals surface area (Å²) < 4.78 is 5.16. The molecule has 0 saturated carbocycles. The van der Waals surface area contributed by atoms with Gasteiger partial charge in [-0.25, -0.2) is 4.79 Å². The van der Waals surface area contributed by atoms with Crippen molar-refractivity contribution in [3.63, 3.8) is 0 Å². The standard InChI is InChI=1S/C25H40N4O5/c1-24(2,3)29-21(31)15-20(22(32)26-12-13-27-23(33)34-25(4,5)6)28-16-19(17-30)14-18-10-8-7-9-11-18/h7-11,17,19-20,28H,12-16H2,1-6H3,(H,26,32)(H,27,33)(H,29,31). The molecule has 190 valence electrons. The summed E-state index contributed by atoms with van der Waals surface area (Å²) in [6.07, 6.45) is 0.726. The number of rotatable bonds is 12. The topological polar surface area (TPSA) is 126 Å². The van der Waals surface area contributed by atoms with Gasteiger partial charge < -0.3 is 30.8 Å². The van der Waals surface area contributed by atoms with Crippen LogP contribution >= 0.6 is 0 Å². The molecule has 4 N–H and O–H groups in total. The molecular formula is C25H40N4O5. The third-order valence-electron chi connectivity index (χ3n) is 4.47. The lowest BCUT2D eigenvalue weighted by Crippen LogP contribution is -2.51. The lowest BCUT2D eigenvalue weighted by atomic mass is 10.00. The molecule has 0 radical (unpaired) electrons. The molecule has 0 aliphatic heterocycles. The summed E-state index contributed by atoms with van der Waals surface area (Å²) in [5, 5.41) is 11.2. The summed E-state index contributed by atoms with van der Waals surface area (Å²) in [6.45, 7) is 11.4. The number of carbonyl (C=O) groups is 4. The van der Waals surface area contributed by atoms with Crippen molar-refractivity contribution >= 4 is 24.2 Å². The summed E-state index contributed by atoms with van der Waals surface area (Å²) >= 11 is 0. The van der Waals surface area contributed by atoms with Crippen LogP contribution in [0.25, 0.3) is 0 Å². The van der Waals surface area contributed by atoms with Crippen molar-refractivity contribution in [2.24, 2.45) is 5.92 Å². The zero-order valence-corrected chi connectivity index (χ0v) is 21.2. The van der Waals surface area contributed by atoms with E-state index in [0.717, 1.165) is 11.8 Å². The Labute approximate surface area is 202 Å². The van der Waals surface area contributed by atoms with Crippen molar-refractivity contribution in [3.8, 4) is 0 Å². The van der Waals surface area contributed by atoms with Gasteiger partial charge in [0.05, 0.1) is 12.5 Å². The molecule has 1 rings (SSSR count). The van der Waals surface area contributed by atoms with E-state index < -0.39 is 23.3 Å². The van der Waals surface area contributed by atoms with Crippen molar-refractivity contribution in [1.29, 1.82) is 0 Å². The van der Waals surface area contributed by atoms with E-state index in [-0.39, 0.29) is 43.8 Å². The van der Waals surface area contributed by atoms with E-state index >= 15 is 0 Å². The summed E-state index contributed by atoms with van der Waals surface area (Å²) in [6, 6.07) is 8.77. The summed E-state index contributed by atoms with van der Waals surface area (Å²) in [5.74, 6) is -1.02. The molecule has 3 amide bonds. The number of benzene rings is 1. The van der Waals surface area contributed by atoms with Crippen LogP contribution in [-0.4, -0.2) is 61.0 Å². The van der Waals surface area contributed by atoms with Crippen LogP contribution in [0.15, 0.2) is 30.3 Å². The molecule has 0 aromatic heterocycles. The van der Waals surface area contributed by atoms with Crippen molar-refractivity contribution in [1.82, 2.24) is 21.3 Å². The Kier molecular flexibility index (Phi) is 11.7. The van der Waals surface area contributed by atoms with E-state index in [0.29, 0.717) is 6.42 Å². The van der Waals surface area contributed by atoms with E-state index in [9.17, 15) is 19.2 Å². The Morgan fingerprint density at radius 1 is 0.971 bits per heavy atom. The summed E-state index contributed by atoms with van der Waals surface area (Å²) in [5.41, 5.74) is -0.0350. The van der Waals surface area contributed by atoms with Crippen LogP contribution in [0.1, 0.15) is 53.5 Å². The lowest BCUT2D eigenvalue weighted by Gasteiger charge is -2.24. The molecule has 1 aromatic rings. The maximum Gasteiger partial charge on any atom is 0.407 e. The molecule has 0 spiro atoms. The monoisotopic (exact) mass is 476 g/mol. The molecule has 0 fully saturated rings. The van der Waals surface area contributed by atoms with Gasteiger partial charge in [0.15, 0.2) is 0 Å². The zero-order valence-electron chi connectivity index (χ0n) is 21.2. The third-order valence-corrected chi connectivity index (χ3v) is 4.47. The Bertz CT molecular complexity index is 800. The highest BCUT2D eigenvalue weighted by atomic mass is 16.6. The Balaban J connectivity index is 2.67. The fourth-order valence-electron chi connectivity index (χ4n) is 3.08. The Hall–Kier alpha value is -2.94. The number of hydrogen-bond donors (Lipinski definition) is 4. The average Bonchev–Trinajstić information content (AvgIpc) is 2.71. The molecule has 0 saturated heterocycles. The normalized spacial score (nSPS) is 13.4. The average molecular weight is 477 g/mol. The number of nitrogens with one attached hydrogen (secondary N) is 4. The molecule has 2 unspecified atom stereocenters. The van der Waals surface area contributed by atoms with Gasteiger partial charge in [-0.05, 0) is 53.5 Å². The molecule has 0 aliphatic carbocycles. The number of carbonyl (C=O) groups excluding carboxylic acids is 4. The predicted molar refractivity (Wildman–Crippen MR) is 131 cm³/mol. The molecule has 34 heavy (non-hydrogen) atoms. The van der Waals surface area contributed by atoms with Gasteiger partial charge in [0.25, 0.3) is 0 Å². The smallest absolute Gasteiger partial charge is 0.407 e. The van der Waals surface area contributed by atoms with Crippen LogP contribution in [0.5, 0.6) is 0 Å². The van der Waals surface area contributed by atoms with Gasteiger partial charge in [0.2, 0.25) is 11.8 Å². The molecule has 9 nitrogen and oxygen atoms in total. The first-order chi connectivity index (χ1) is 15.8. The second-order valence-electron chi connectivity index (χ2n) is 10.3. The summed E-state index contributed by atoms with van der Waals surface area (Å²) in [4.78, 5) is 48.6. The first kappa shape index (κ1) is 29.1. The van der Waals surface area contributed by atoms with Crippen LogP contribution in [0.2, 0.25) is 0 Å². The molecular weight excluding hydrogens is 436 g/mol. The first-order valence-electron chi connectivity index (χ1n) is 11.6. The van der Waals surface area contributed by atoms with E-state index in [1.807, 2.05) is 51.1 Å². The van der Waals surface area contributed by atoms with Gasteiger partial charge in [-0.2, -0.15) is 0 Å². The van der Waals surface area contributed by atoms with Gasteiger partial charge in [0, 0.05) is 31.1 Å². The second-order valence-corrected chi connectivity index (χ2v) is 10.3. The largest absolute Gasteiger partial charge is 0.444 e. The van der Waals surface area contributed by atoms with Gasteiger partial charge in [-0.15, -0.1) is 0 Å². The number of hydrogen-bond acceptors (Lipinski definition) is 6. The molecule has 0 heterocycles. The van der Waals surface area contributed by atoms with Gasteiger partial charge in [-0.1, -0.05) is 30.3 Å². The highest BCUT2D eigenvalue weighted by Crippen LogP contribution is 2.08. The van der Waals surface area contributed by atoms with E-state index in [2.05, 4.69) is 21.3 Å². The van der Waals surface area contributed by atoms with E-state index in [4.69, 9.17) is 4.74 Å². The zero-order chi connectivity index (χ0) is 25.8. The van der Waals surface area contributed by atoms with Gasteiger partial charge >= 0.3 is 6.09 Å². The second kappa shape index (κ2) is 13.7. The highest BCUT2D eigenvalue weighted by molar-refractivity contribution is 5.88. The van der Waals surface area contributed by atoms with Gasteiger partial charge in [-0.3, -0.25) is 9.59 Å². The fraction of sp³-hybridized carbons (Fsp3) is 0.600. The maximum absolute atomic E-state index is 12.8. The van der Waals surface area contributed by atoms with Crippen LogP contribution < -0.4 is 21.3 Å². The lowest BCUT2D eigenvalue weighted by molar-refractivity contribution is -0.129. The van der Waals surface area contributed by atoms with Crippen LogP contribution in [-0.2, 0) is 25.5 Å². The van der Waals surface area contributed by atoms with Crippen molar-refractivity contribution in [2.45, 2.75) is 71.6 Å². The van der Waals surface area contributed by atoms with Crippen LogP contribution in [0.4, 0.5) is 4.79 Å². The predicted octanol–water partition coefficient (Wildman–Crippen LogP) is 1.95. The SMILES string of the molecule is CC(C)(C)NC(=O)CC(NCC(C=O)Cc1ccccc1)C(=O)NCCNC(=O)OC(C)(C)C. The quantitative estimate of drug-likeness (QED) is 0.270. The van der Waals surface area contributed by atoms with E-state index in [1.54, 1.807) is 20.8 Å². The van der Waals surface area contributed by atoms with Crippen molar-refractivity contribution < 1.29 is 23.9 Å². The minimum absolute atomic E-state index is 0.0838.